The maximum absolute atomic E-state index is 12.7. The molecule has 7 heteroatoms. The van der Waals surface area contributed by atoms with Gasteiger partial charge in [-0.3, -0.25) is 0 Å². The van der Waals surface area contributed by atoms with Gasteiger partial charge in [-0.05, 0) is 44.0 Å². The van der Waals surface area contributed by atoms with Crippen LogP contribution in [0.2, 0.25) is 0 Å². The van der Waals surface area contributed by atoms with Crippen LogP contribution in [0.5, 0.6) is 5.75 Å². The molecule has 1 fully saturated rings. The maximum atomic E-state index is 12.7. The predicted molar refractivity (Wildman–Crippen MR) is 120 cm³/mol. The fourth-order valence-corrected chi connectivity index (χ4v) is 4.69. The Labute approximate surface area is 175 Å². The minimum atomic E-state index is -0.0900. The third-order valence-corrected chi connectivity index (χ3v) is 6.45. The second kappa shape index (κ2) is 8.29. The molecule has 152 valence electrons. The van der Waals surface area contributed by atoms with Crippen molar-refractivity contribution in [1.82, 2.24) is 9.88 Å². The van der Waals surface area contributed by atoms with E-state index in [0.29, 0.717) is 31.1 Å². The van der Waals surface area contributed by atoms with Crippen molar-refractivity contribution >= 4 is 38.4 Å². The molecule has 1 saturated heterocycles. The van der Waals surface area contributed by atoms with E-state index in [0.717, 1.165) is 23.7 Å². The molecule has 0 unspecified atom stereocenters. The molecule has 2 heterocycles. The number of hydrogen-bond acceptors (Lipinski definition) is 5. The predicted octanol–water partition coefficient (Wildman–Crippen LogP) is 4.67. The Kier molecular flexibility index (Phi) is 5.58. The summed E-state index contributed by atoms with van der Waals surface area (Å²) in [6.07, 6.45) is 0. The minimum Gasteiger partial charge on any atom is -0.492 e. The van der Waals surface area contributed by atoms with E-state index in [1.807, 2.05) is 36.1 Å². The summed E-state index contributed by atoms with van der Waals surface area (Å²) in [5.74, 6) is 0.696. The third-order valence-electron chi connectivity index (χ3n) is 5.20. The maximum Gasteiger partial charge on any atom is 0.322 e. The molecule has 4 rings (SSSR count). The Morgan fingerprint density at radius 1 is 1.10 bits per heavy atom. The van der Waals surface area contributed by atoms with Crippen molar-refractivity contribution < 1.29 is 9.53 Å². The van der Waals surface area contributed by atoms with Crippen LogP contribution in [-0.2, 0) is 0 Å². The summed E-state index contributed by atoms with van der Waals surface area (Å²) in [6, 6.07) is 11.7. The Bertz CT molecular complexity index is 986. The number of para-hydroxylation sites is 2. The van der Waals surface area contributed by atoms with Crippen molar-refractivity contribution in [2.24, 2.45) is 0 Å². The van der Waals surface area contributed by atoms with Crippen molar-refractivity contribution in [2.75, 3.05) is 43.0 Å². The summed E-state index contributed by atoms with van der Waals surface area (Å²) >= 11 is 1.74. The number of ether oxygens (including phenoxy) is 1. The van der Waals surface area contributed by atoms with Gasteiger partial charge in [-0.2, -0.15) is 0 Å². The highest BCUT2D eigenvalue weighted by atomic mass is 32.1. The van der Waals surface area contributed by atoms with E-state index in [1.54, 1.807) is 11.3 Å². The molecule has 1 aliphatic rings. The van der Waals surface area contributed by atoms with E-state index in [2.05, 4.69) is 36.2 Å². The van der Waals surface area contributed by atoms with E-state index in [9.17, 15) is 4.79 Å². The van der Waals surface area contributed by atoms with Gasteiger partial charge < -0.3 is 19.9 Å². The van der Waals surface area contributed by atoms with Crippen molar-refractivity contribution in [2.45, 2.75) is 20.8 Å². The first kappa shape index (κ1) is 19.5. The van der Waals surface area contributed by atoms with Gasteiger partial charge in [0.25, 0.3) is 0 Å². The average molecular weight is 411 g/mol. The molecule has 29 heavy (non-hydrogen) atoms. The zero-order valence-corrected chi connectivity index (χ0v) is 17.9. The van der Waals surface area contributed by atoms with Gasteiger partial charge in [-0.1, -0.05) is 35.6 Å². The summed E-state index contributed by atoms with van der Waals surface area (Å²) in [5, 5.41) is 4.03. The van der Waals surface area contributed by atoms with Crippen molar-refractivity contribution in [3.8, 4) is 5.75 Å². The van der Waals surface area contributed by atoms with Crippen LogP contribution in [0.3, 0.4) is 0 Å². The van der Waals surface area contributed by atoms with E-state index in [4.69, 9.17) is 9.72 Å². The first-order valence-electron chi connectivity index (χ1n) is 9.96. The number of aromatic nitrogens is 1. The second-order valence-corrected chi connectivity index (χ2v) is 8.18. The number of carbonyl (C=O) groups excluding carboxylic acids is 1. The molecule has 3 aromatic rings. The number of amides is 2. The molecule has 6 nitrogen and oxygen atoms in total. The number of hydrogen-bond donors (Lipinski definition) is 1. The Hall–Kier alpha value is -2.80. The van der Waals surface area contributed by atoms with E-state index in [-0.39, 0.29) is 6.03 Å². The fourth-order valence-electron chi connectivity index (χ4n) is 3.53. The SMILES string of the molecule is CCOc1ccccc1NC(=O)N1CCN(c2nc3c(C)ccc(C)c3s2)CC1. The zero-order valence-electron chi connectivity index (χ0n) is 17.1. The molecule has 2 amide bonds. The molecular formula is C22H26N4O2S. The summed E-state index contributed by atoms with van der Waals surface area (Å²) in [4.78, 5) is 21.7. The van der Waals surface area contributed by atoms with Crippen molar-refractivity contribution in [3.63, 3.8) is 0 Å². The number of rotatable bonds is 4. The normalized spacial score (nSPS) is 14.3. The topological polar surface area (TPSA) is 57.7 Å². The number of thiazole rings is 1. The molecule has 1 aromatic heterocycles. The van der Waals surface area contributed by atoms with Gasteiger partial charge in [0, 0.05) is 26.2 Å². The lowest BCUT2D eigenvalue weighted by molar-refractivity contribution is 0.208. The average Bonchev–Trinajstić information content (AvgIpc) is 3.19. The summed E-state index contributed by atoms with van der Waals surface area (Å²) in [7, 11) is 0. The number of benzene rings is 2. The Morgan fingerprint density at radius 2 is 1.83 bits per heavy atom. The van der Waals surface area contributed by atoms with Crippen LogP contribution in [0.15, 0.2) is 36.4 Å². The van der Waals surface area contributed by atoms with Crippen LogP contribution in [-0.4, -0.2) is 48.7 Å². The number of urea groups is 1. The van der Waals surface area contributed by atoms with Gasteiger partial charge in [-0.15, -0.1) is 0 Å². The molecule has 0 bridgehead atoms. The molecule has 1 N–H and O–H groups in total. The number of piperazine rings is 1. The fraction of sp³-hybridized carbons (Fsp3) is 0.364. The number of anilines is 2. The number of nitrogens with one attached hydrogen (secondary N) is 1. The molecule has 0 radical (unpaired) electrons. The zero-order chi connectivity index (χ0) is 20.4. The first-order valence-corrected chi connectivity index (χ1v) is 10.8. The van der Waals surface area contributed by atoms with E-state index < -0.39 is 0 Å². The first-order chi connectivity index (χ1) is 14.1. The third kappa shape index (κ3) is 4.00. The molecule has 2 aromatic carbocycles. The standard InChI is InChI=1S/C22H26N4O2S/c1-4-28-18-8-6-5-7-17(18)23-21(27)25-11-13-26(14-12-25)22-24-19-15(2)9-10-16(3)20(19)29-22/h5-10H,4,11-14H2,1-3H3,(H,23,27). The molecule has 0 spiro atoms. The van der Waals surface area contributed by atoms with Gasteiger partial charge in [0.05, 0.1) is 22.5 Å². The quantitative estimate of drug-likeness (QED) is 0.679. The highest BCUT2D eigenvalue weighted by Gasteiger charge is 2.24. The van der Waals surface area contributed by atoms with Crippen LogP contribution in [0.25, 0.3) is 10.2 Å². The van der Waals surface area contributed by atoms with Crippen molar-refractivity contribution in [3.05, 3.63) is 47.5 Å². The molecule has 0 atom stereocenters. The molecule has 1 aliphatic heterocycles. The summed E-state index contributed by atoms with van der Waals surface area (Å²) < 4.78 is 6.86. The van der Waals surface area contributed by atoms with Gasteiger partial charge in [0.2, 0.25) is 0 Å². The molecule has 0 aliphatic carbocycles. The van der Waals surface area contributed by atoms with Crippen LogP contribution in [0.4, 0.5) is 15.6 Å². The monoisotopic (exact) mass is 410 g/mol. The lowest BCUT2D eigenvalue weighted by Crippen LogP contribution is -2.50. The van der Waals surface area contributed by atoms with Gasteiger partial charge >= 0.3 is 6.03 Å². The molecule has 0 saturated carbocycles. The van der Waals surface area contributed by atoms with Crippen LogP contribution >= 0.6 is 11.3 Å². The number of fused-ring (bicyclic) bond motifs is 1. The lowest BCUT2D eigenvalue weighted by atomic mass is 10.1. The van der Waals surface area contributed by atoms with E-state index in [1.165, 1.54) is 15.8 Å². The smallest absolute Gasteiger partial charge is 0.322 e. The summed E-state index contributed by atoms with van der Waals surface area (Å²) in [6.45, 7) is 9.61. The van der Waals surface area contributed by atoms with Gasteiger partial charge in [-0.25, -0.2) is 9.78 Å². The second-order valence-electron chi connectivity index (χ2n) is 7.21. The van der Waals surface area contributed by atoms with E-state index >= 15 is 0 Å². The highest BCUT2D eigenvalue weighted by Crippen LogP contribution is 2.33. The van der Waals surface area contributed by atoms with Crippen LogP contribution < -0.4 is 15.0 Å². The van der Waals surface area contributed by atoms with Gasteiger partial charge in [0.1, 0.15) is 5.75 Å². The van der Waals surface area contributed by atoms with Crippen LogP contribution in [0, 0.1) is 13.8 Å². The number of nitrogens with zero attached hydrogens (tertiary/aromatic N) is 3. The number of carbonyl (C=O) groups is 1. The highest BCUT2D eigenvalue weighted by molar-refractivity contribution is 7.22. The lowest BCUT2D eigenvalue weighted by Gasteiger charge is -2.34. The van der Waals surface area contributed by atoms with Crippen molar-refractivity contribution in [1.29, 1.82) is 0 Å². The van der Waals surface area contributed by atoms with Crippen LogP contribution in [0.1, 0.15) is 18.1 Å². The van der Waals surface area contributed by atoms with Gasteiger partial charge in [0.15, 0.2) is 5.13 Å². The summed E-state index contributed by atoms with van der Waals surface area (Å²) in [5.41, 5.74) is 4.27. The Balaban J connectivity index is 1.41. The minimum absolute atomic E-state index is 0.0900. The Morgan fingerprint density at radius 3 is 2.55 bits per heavy atom. The molecular weight excluding hydrogens is 384 g/mol. The largest absolute Gasteiger partial charge is 0.492 e. The number of aryl methyl sites for hydroxylation is 2.